The van der Waals surface area contributed by atoms with Crippen molar-refractivity contribution in [3.63, 3.8) is 0 Å². The fraction of sp³-hybridized carbons (Fsp3) is 0.0455. The molecule has 226 valence electrons. The van der Waals surface area contributed by atoms with Gasteiger partial charge in [0.05, 0.1) is 39.0 Å². The molecule has 4 heteroatoms. The lowest BCUT2D eigenvalue weighted by Crippen LogP contribution is -2.06. The lowest BCUT2D eigenvalue weighted by Gasteiger charge is -2.13. The van der Waals surface area contributed by atoms with Crippen molar-refractivity contribution in [2.24, 2.45) is 9.98 Å². The van der Waals surface area contributed by atoms with Gasteiger partial charge in [0.25, 0.3) is 0 Å². The van der Waals surface area contributed by atoms with Gasteiger partial charge >= 0.3 is 0 Å². The highest BCUT2D eigenvalue weighted by Crippen LogP contribution is 2.43. The summed E-state index contributed by atoms with van der Waals surface area (Å²) >= 11 is 0. The van der Waals surface area contributed by atoms with Crippen LogP contribution < -0.4 is 0 Å². The standard InChI is InChI=1S/C44H30N4/c1-27-18-20-28(21-19-27)42(45-2)35-12-3-6-15-38(35)46-26-47-39-16-7-4-11-31(39)37-25-36-29(24-41(37)47)22-23-34-33-14-9-13-32-30-10-5-8-17-40(30)48(43(32)33)44(34)36/h3-25H,2,26H2,1H3/b42-35-,46-38-. The van der Waals surface area contributed by atoms with E-state index < -0.39 is 0 Å². The fourth-order valence-electron chi connectivity index (χ4n) is 7.93. The molecule has 9 aromatic rings. The Balaban J connectivity index is 1.20. The number of rotatable bonds is 4. The summed E-state index contributed by atoms with van der Waals surface area (Å²) in [6, 6.07) is 42.0. The Morgan fingerprint density at radius 1 is 0.604 bits per heavy atom. The molecule has 1 aliphatic carbocycles. The predicted molar refractivity (Wildman–Crippen MR) is 205 cm³/mol. The molecule has 3 heterocycles. The molecule has 0 aliphatic heterocycles. The summed E-state index contributed by atoms with van der Waals surface area (Å²) in [7, 11) is 0. The number of hydrogen-bond donors (Lipinski definition) is 0. The Morgan fingerprint density at radius 2 is 1.27 bits per heavy atom. The van der Waals surface area contributed by atoms with E-state index in [9.17, 15) is 0 Å². The SMILES string of the molecule is C=N/C(=C1/C=CC=C/C1=N/Cn1c2ccccc2c2cc3c(ccc4c5cccc6c7ccccc7n(c34)c65)cc21)c1ccc(C)cc1. The number of fused-ring (bicyclic) bond motifs is 11. The van der Waals surface area contributed by atoms with E-state index in [1.54, 1.807) is 0 Å². The molecule has 48 heavy (non-hydrogen) atoms. The number of aromatic nitrogens is 2. The van der Waals surface area contributed by atoms with Crippen LogP contribution in [0.15, 0.2) is 155 Å². The van der Waals surface area contributed by atoms with E-state index in [0.29, 0.717) is 6.67 Å². The zero-order valence-electron chi connectivity index (χ0n) is 26.5. The van der Waals surface area contributed by atoms with E-state index >= 15 is 0 Å². The van der Waals surface area contributed by atoms with Gasteiger partial charge < -0.3 is 8.97 Å². The Labute approximate surface area is 276 Å². The van der Waals surface area contributed by atoms with Crippen molar-refractivity contribution in [1.82, 2.24) is 8.97 Å². The molecule has 1 aliphatic rings. The summed E-state index contributed by atoms with van der Waals surface area (Å²) in [6.45, 7) is 6.50. The Kier molecular flexibility index (Phi) is 5.67. The monoisotopic (exact) mass is 614 g/mol. The maximum Gasteiger partial charge on any atom is 0.115 e. The number of hydrogen-bond acceptors (Lipinski definition) is 2. The third kappa shape index (κ3) is 3.71. The number of aliphatic imine (C=N–C) groups is 2. The van der Waals surface area contributed by atoms with Crippen LogP contribution in [0, 0.1) is 6.92 Å². The minimum absolute atomic E-state index is 0.476. The first-order valence-corrected chi connectivity index (χ1v) is 16.4. The van der Waals surface area contributed by atoms with Gasteiger partial charge in [-0.1, -0.05) is 115 Å². The number of benzene rings is 6. The molecule has 0 amide bonds. The Hall–Kier alpha value is -6.26. The molecule has 0 fully saturated rings. The maximum atomic E-state index is 5.23. The van der Waals surface area contributed by atoms with E-state index in [4.69, 9.17) is 4.99 Å². The van der Waals surface area contributed by atoms with Gasteiger partial charge in [0.15, 0.2) is 0 Å². The summed E-state index contributed by atoms with van der Waals surface area (Å²) in [5.41, 5.74) is 11.1. The third-order valence-electron chi connectivity index (χ3n) is 10.1. The van der Waals surface area contributed by atoms with E-state index in [2.05, 4.69) is 155 Å². The predicted octanol–water partition coefficient (Wildman–Crippen LogP) is 11.0. The minimum Gasteiger partial charge on any atom is -0.320 e. The molecule has 3 aromatic heterocycles. The summed E-state index contributed by atoms with van der Waals surface area (Å²) < 4.78 is 4.84. The van der Waals surface area contributed by atoms with E-state index in [1.165, 1.54) is 76.2 Å². The molecule has 0 bridgehead atoms. The second kappa shape index (κ2) is 10.1. The van der Waals surface area contributed by atoms with Crippen LogP contribution in [0.25, 0.3) is 76.4 Å². The summed E-state index contributed by atoms with van der Waals surface area (Å²) in [5.74, 6) is 0. The van der Waals surface area contributed by atoms with Crippen LogP contribution in [0.4, 0.5) is 0 Å². The molecular weight excluding hydrogens is 585 g/mol. The molecule has 0 unspecified atom stereocenters. The lowest BCUT2D eigenvalue weighted by atomic mass is 9.98. The first-order valence-electron chi connectivity index (χ1n) is 16.4. The van der Waals surface area contributed by atoms with Crippen LogP contribution in [-0.4, -0.2) is 21.4 Å². The topological polar surface area (TPSA) is 34.1 Å². The van der Waals surface area contributed by atoms with Gasteiger partial charge in [-0.3, -0.25) is 9.98 Å². The first-order chi connectivity index (χ1) is 23.7. The molecule has 10 rings (SSSR count). The number of aryl methyl sites for hydroxylation is 1. The molecule has 4 nitrogen and oxygen atoms in total. The maximum absolute atomic E-state index is 5.23. The average molecular weight is 615 g/mol. The van der Waals surface area contributed by atoms with E-state index in [-0.39, 0.29) is 0 Å². The summed E-state index contributed by atoms with van der Waals surface area (Å²) in [4.78, 5) is 9.70. The number of nitrogens with zero attached hydrogens (tertiary/aromatic N) is 4. The number of para-hydroxylation sites is 3. The van der Waals surface area contributed by atoms with Gasteiger partial charge in [-0.05, 0) is 49.4 Å². The molecular formula is C44H30N4. The zero-order valence-corrected chi connectivity index (χ0v) is 26.5. The number of allylic oxidation sites excluding steroid dienone is 5. The second-order valence-electron chi connectivity index (χ2n) is 12.7. The van der Waals surface area contributed by atoms with E-state index in [0.717, 1.165) is 22.5 Å². The highest BCUT2D eigenvalue weighted by molar-refractivity contribution is 6.28. The first kappa shape index (κ1) is 26.9. The van der Waals surface area contributed by atoms with Gasteiger partial charge in [-0.25, -0.2) is 0 Å². The van der Waals surface area contributed by atoms with Crippen LogP contribution in [0.3, 0.4) is 0 Å². The molecule has 0 saturated heterocycles. The zero-order chi connectivity index (χ0) is 31.9. The highest BCUT2D eigenvalue weighted by atomic mass is 15.1. The van der Waals surface area contributed by atoms with Crippen molar-refractivity contribution in [2.75, 3.05) is 0 Å². The summed E-state index contributed by atoms with van der Waals surface area (Å²) in [5, 5.41) is 10.1. The molecule has 0 N–H and O–H groups in total. The lowest BCUT2D eigenvalue weighted by molar-refractivity contribution is 0.794. The fourth-order valence-corrected chi connectivity index (χ4v) is 7.93. The minimum atomic E-state index is 0.476. The molecule has 0 radical (unpaired) electrons. The molecule has 6 aromatic carbocycles. The van der Waals surface area contributed by atoms with Gasteiger partial charge in [-0.2, -0.15) is 0 Å². The van der Waals surface area contributed by atoms with Gasteiger partial charge in [-0.15, -0.1) is 0 Å². The molecule has 0 spiro atoms. The Bertz CT molecular complexity index is 2920. The van der Waals surface area contributed by atoms with Crippen LogP contribution in [0.2, 0.25) is 0 Å². The van der Waals surface area contributed by atoms with Crippen molar-refractivity contribution in [1.29, 1.82) is 0 Å². The smallest absolute Gasteiger partial charge is 0.115 e. The van der Waals surface area contributed by atoms with Crippen molar-refractivity contribution < 1.29 is 0 Å². The normalized spacial score (nSPS) is 15.5. The summed E-state index contributed by atoms with van der Waals surface area (Å²) in [6.07, 6.45) is 8.24. The van der Waals surface area contributed by atoms with Crippen LogP contribution >= 0.6 is 0 Å². The van der Waals surface area contributed by atoms with Crippen molar-refractivity contribution in [2.45, 2.75) is 13.6 Å². The average Bonchev–Trinajstić information content (AvgIpc) is 3.76. The van der Waals surface area contributed by atoms with E-state index in [1.807, 2.05) is 12.2 Å². The van der Waals surface area contributed by atoms with Crippen LogP contribution in [0.1, 0.15) is 11.1 Å². The van der Waals surface area contributed by atoms with Crippen LogP contribution in [0.5, 0.6) is 0 Å². The van der Waals surface area contributed by atoms with Crippen molar-refractivity contribution >= 4 is 88.8 Å². The molecule has 0 atom stereocenters. The van der Waals surface area contributed by atoms with Crippen molar-refractivity contribution in [3.05, 3.63) is 156 Å². The van der Waals surface area contributed by atoms with Gasteiger partial charge in [0, 0.05) is 48.8 Å². The largest absolute Gasteiger partial charge is 0.320 e. The third-order valence-corrected chi connectivity index (χ3v) is 10.1. The van der Waals surface area contributed by atoms with Crippen LogP contribution in [-0.2, 0) is 6.67 Å². The highest BCUT2D eigenvalue weighted by Gasteiger charge is 2.20. The van der Waals surface area contributed by atoms with Gasteiger partial charge in [0.1, 0.15) is 6.67 Å². The quantitative estimate of drug-likeness (QED) is 0.177. The second-order valence-corrected chi connectivity index (χ2v) is 12.7. The van der Waals surface area contributed by atoms with Crippen molar-refractivity contribution in [3.8, 4) is 0 Å². The Morgan fingerprint density at radius 3 is 2.08 bits per heavy atom. The van der Waals surface area contributed by atoms with Gasteiger partial charge in [0.2, 0.25) is 0 Å². The molecule has 0 saturated carbocycles.